The Morgan fingerprint density at radius 3 is 0.830 bits per heavy atom. The number of hydrogen-bond acceptors (Lipinski definition) is 22. The SMILES string of the molecule is O=C(NCCN(CCNC(=O)OCCOCCNS(=O)(=O)NC(=O)OCC1[C@H]2CCC#CCC[C@@H]12)CCNC(=O)OCCOCCNS(=O)(=O)NC(=O)OCC1[C@H]2CCC#CCC[C@@H]12)OCCOCCNS(=O)(=O)NC(=O)OCC1[C@H]2CCC#CCC[C@@H]12. The van der Waals surface area contributed by atoms with Gasteiger partial charge >= 0.3 is 67.2 Å². The summed E-state index contributed by atoms with van der Waals surface area (Å²) in [5.41, 5.74) is 0. The predicted octanol–water partition coefficient (Wildman–Crippen LogP) is 0.517. The van der Waals surface area contributed by atoms with Gasteiger partial charge in [-0.3, -0.25) is 4.90 Å². The van der Waals surface area contributed by atoms with Gasteiger partial charge in [0.1, 0.15) is 19.8 Å². The van der Waals surface area contributed by atoms with Gasteiger partial charge in [0.25, 0.3) is 0 Å². The molecule has 9 atom stereocenters. The van der Waals surface area contributed by atoms with Gasteiger partial charge in [-0.2, -0.15) is 39.4 Å². The van der Waals surface area contributed by atoms with Gasteiger partial charge in [-0.25, -0.2) is 42.9 Å². The standard InChI is InChI=1S/C54H84N10O21S3/c65-49(80-34-31-77-28-22-58-86(71,72)61-52(68)83-37-46-40-13-7-1-2-8-14-41(40)46)55-19-25-64(26-20-56-50(66)81-35-32-78-29-23-59-87(73,74)62-53(69)84-38-47-42-15-9-3-4-10-16-43(42)47)27-21-57-51(67)82-36-33-79-30-24-60-88(75,76)63-54(70)85-39-48-44-17-11-5-6-12-18-45(44)48/h40-48,58-60H,7-39H2,(H,55,65)(H,56,66)(H,57,67)(H,61,68)(H,62,69)(H,63,70)/t40-,41+,42-,43+,44-,45+,46?,47?,48?. The zero-order chi connectivity index (χ0) is 63.0. The highest BCUT2D eigenvalue weighted by Gasteiger charge is 2.51. The van der Waals surface area contributed by atoms with Gasteiger partial charge < -0.3 is 58.6 Å². The summed E-state index contributed by atoms with van der Waals surface area (Å²) in [5, 5.41) is 7.73. The van der Waals surface area contributed by atoms with Crippen LogP contribution in [0, 0.1) is 88.8 Å². The second-order valence-corrected chi connectivity index (χ2v) is 25.9. The van der Waals surface area contributed by atoms with Crippen molar-refractivity contribution in [2.75, 3.05) is 138 Å². The number of amides is 6. The van der Waals surface area contributed by atoms with Crippen LogP contribution in [0.4, 0.5) is 28.8 Å². The van der Waals surface area contributed by atoms with E-state index in [-0.39, 0.29) is 156 Å². The first kappa shape index (κ1) is 71.0. The molecule has 0 aromatic heterocycles. The summed E-state index contributed by atoms with van der Waals surface area (Å²) in [6.07, 6.45) is 4.74. The zero-order valence-electron chi connectivity index (χ0n) is 49.3. The molecule has 3 unspecified atom stereocenters. The van der Waals surface area contributed by atoms with Gasteiger partial charge in [-0.05, 0) is 91.8 Å². The van der Waals surface area contributed by atoms with Gasteiger partial charge in [-0.15, -0.1) is 35.5 Å². The molecule has 0 saturated heterocycles. The van der Waals surface area contributed by atoms with Crippen LogP contribution in [0.5, 0.6) is 0 Å². The second kappa shape index (κ2) is 37.8. The third-order valence-electron chi connectivity index (χ3n) is 15.5. The summed E-state index contributed by atoms with van der Waals surface area (Å²) in [6.45, 7) is -0.557. The number of rotatable bonds is 39. The molecule has 0 radical (unpaired) electrons. The van der Waals surface area contributed by atoms with E-state index in [2.05, 4.69) is 65.6 Å². The largest absolute Gasteiger partial charge is 0.449 e. The monoisotopic (exact) mass is 1300 g/mol. The van der Waals surface area contributed by atoms with Crippen molar-refractivity contribution < 1.29 is 96.7 Å². The topological polar surface area (TPSA) is 399 Å². The summed E-state index contributed by atoms with van der Waals surface area (Å²) in [5.74, 6) is 21.8. The van der Waals surface area contributed by atoms with Gasteiger partial charge in [0, 0.05) is 97.4 Å². The highest BCUT2D eigenvalue weighted by atomic mass is 32.2. The van der Waals surface area contributed by atoms with E-state index < -0.39 is 67.2 Å². The molecule has 0 bridgehead atoms. The average molecular weight is 1310 g/mol. The van der Waals surface area contributed by atoms with Crippen LogP contribution in [0.1, 0.15) is 77.0 Å². The van der Waals surface area contributed by atoms with Gasteiger partial charge in [0.2, 0.25) is 0 Å². The van der Waals surface area contributed by atoms with Gasteiger partial charge in [-0.1, -0.05) is 0 Å². The molecule has 0 aliphatic heterocycles. The highest BCUT2D eigenvalue weighted by molar-refractivity contribution is 7.88. The third kappa shape index (κ3) is 28.6. The molecule has 34 heteroatoms. The Morgan fingerprint density at radius 2 is 0.580 bits per heavy atom. The Hall–Kier alpha value is -6.13. The number of nitrogens with one attached hydrogen (secondary N) is 9. The lowest BCUT2D eigenvalue weighted by molar-refractivity contribution is 0.0741. The second-order valence-electron chi connectivity index (χ2n) is 21.4. The Bertz CT molecular complexity index is 2490. The molecule has 3 saturated carbocycles. The lowest BCUT2D eigenvalue weighted by atomic mass is 10.1. The minimum absolute atomic E-state index is 0.0548. The van der Waals surface area contributed by atoms with E-state index in [0.29, 0.717) is 35.5 Å². The Kier molecular flexibility index (Phi) is 30.5. The van der Waals surface area contributed by atoms with Crippen molar-refractivity contribution in [2.45, 2.75) is 77.0 Å². The fourth-order valence-electron chi connectivity index (χ4n) is 11.0. The van der Waals surface area contributed by atoms with Crippen molar-refractivity contribution >= 4 is 67.2 Å². The molecule has 88 heavy (non-hydrogen) atoms. The van der Waals surface area contributed by atoms with Crippen molar-refractivity contribution in [1.82, 2.24) is 49.2 Å². The number of hydrogen-bond donors (Lipinski definition) is 9. The van der Waals surface area contributed by atoms with Gasteiger partial charge in [0.05, 0.1) is 59.5 Å². The summed E-state index contributed by atoms with van der Waals surface area (Å²) in [4.78, 5) is 75.6. The molecule has 31 nitrogen and oxygen atoms in total. The normalized spacial score (nSPS) is 23.1. The van der Waals surface area contributed by atoms with E-state index in [4.69, 9.17) is 42.6 Å². The minimum atomic E-state index is -4.22. The number of alkyl carbamates (subject to hydrolysis) is 3. The summed E-state index contributed by atoms with van der Waals surface area (Å²) in [7, 11) is -12.7. The molecule has 3 fully saturated rings. The zero-order valence-corrected chi connectivity index (χ0v) is 51.7. The van der Waals surface area contributed by atoms with Crippen LogP contribution in [-0.2, 0) is 73.3 Å². The van der Waals surface area contributed by atoms with Crippen LogP contribution in [-0.4, -0.2) is 205 Å². The molecule has 0 aromatic rings. The predicted molar refractivity (Wildman–Crippen MR) is 311 cm³/mol. The van der Waals surface area contributed by atoms with Crippen molar-refractivity contribution in [3.63, 3.8) is 0 Å². The number of fused-ring (bicyclic) bond motifs is 3. The number of carbonyl (C=O) groups excluding carboxylic acids is 6. The van der Waals surface area contributed by atoms with Crippen LogP contribution in [0.15, 0.2) is 0 Å². The fraction of sp³-hybridized carbons (Fsp3) is 0.778. The summed E-state index contributed by atoms with van der Waals surface area (Å²) < 4.78 is 133. The van der Waals surface area contributed by atoms with E-state index in [1.54, 1.807) is 4.90 Å². The fourth-order valence-corrected chi connectivity index (χ4v) is 13.1. The molecule has 6 rings (SSSR count). The third-order valence-corrected chi connectivity index (χ3v) is 18.5. The van der Waals surface area contributed by atoms with Crippen LogP contribution in [0.2, 0.25) is 0 Å². The summed E-state index contributed by atoms with van der Waals surface area (Å²) in [6, 6.07) is 0. The average Bonchev–Trinajstić information content (AvgIpc) is 4.46. The molecule has 494 valence electrons. The summed E-state index contributed by atoms with van der Waals surface area (Å²) >= 11 is 0. The molecule has 9 N–H and O–H groups in total. The molecule has 6 aliphatic rings. The molecular weight excluding hydrogens is 1220 g/mol. The van der Waals surface area contributed by atoms with Crippen molar-refractivity contribution in [3.8, 4) is 35.5 Å². The quantitative estimate of drug-likeness (QED) is 0.0230. The number of carbonyl (C=O) groups is 6. The van der Waals surface area contributed by atoms with Crippen molar-refractivity contribution in [2.24, 2.45) is 53.3 Å². The first-order chi connectivity index (χ1) is 42.4. The lowest BCUT2D eigenvalue weighted by Crippen LogP contribution is -2.43. The smallest absolute Gasteiger partial charge is 0.421 e. The van der Waals surface area contributed by atoms with E-state index in [9.17, 15) is 54.0 Å². The van der Waals surface area contributed by atoms with Crippen molar-refractivity contribution in [1.29, 1.82) is 0 Å². The van der Waals surface area contributed by atoms with Crippen LogP contribution in [0.3, 0.4) is 0 Å². The Labute approximate surface area is 514 Å². The minimum Gasteiger partial charge on any atom is -0.449 e. The Balaban J connectivity index is 0.793. The van der Waals surface area contributed by atoms with Crippen LogP contribution >= 0.6 is 0 Å². The van der Waals surface area contributed by atoms with E-state index >= 15 is 0 Å². The number of ether oxygens (including phenoxy) is 9. The van der Waals surface area contributed by atoms with Crippen molar-refractivity contribution in [3.05, 3.63) is 0 Å². The van der Waals surface area contributed by atoms with Crippen LogP contribution < -0.4 is 44.3 Å². The molecular formula is C54H84N10O21S3. The molecule has 0 spiro atoms. The van der Waals surface area contributed by atoms with E-state index in [1.807, 2.05) is 14.2 Å². The van der Waals surface area contributed by atoms with E-state index in [0.717, 1.165) is 77.0 Å². The molecule has 6 amide bonds. The van der Waals surface area contributed by atoms with E-state index in [1.165, 1.54) is 0 Å². The maximum Gasteiger partial charge on any atom is 0.421 e. The molecule has 0 aromatic carbocycles. The highest BCUT2D eigenvalue weighted by Crippen LogP contribution is 2.54. The van der Waals surface area contributed by atoms with Crippen LogP contribution in [0.25, 0.3) is 0 Å². The molecule has 0 heterocycles. The van der Waals surface area contributed by atoms with Gasteiger partial charge in [0.15, 0.2) is 0 Å². The first-order valence-corrected chi connectivity index (χ1v) is 34.2. The maximum absolute atomic E-state index is 12.4. The number of nitrogens with zero attached hydrogens (tertiary/aromatic N) is 1. The first-order valence-electron chi connectivity index (χ1n) is 29.8. The Morgan fingerprint density at radius 1 is 0.330 bits per heavy atom. The molecule has 6 aliphatic carbocycles. The lowest BCUT2D eigenvalue weighted by Gasteiger charge is -2.22. The maximum atomic E-state index is 12.4.